The average molecular weight is 395 g/mol. The number of amides is 1. The molecule has 2 rings (SSSR count). The second-order valence-electron chi connectivity index (χ2n) is 4.43. The van der Waals surface area contributed by atoms with E-state index in [9.17, 15) is 4.79 Å². The number of anilines is 1. The Morgan fingerprint density at radius 1 is 1.04 bits per heavy atom. The fourth-order valence-electron chi connectivity index (χ4n) is 1.96. The van der Waals surface area contributed by atoms with Gasteiger partial charge in [0.05, 0.1) is 19.9 Å². The Kier molecular flexibility index (Phi) is 5.95. The summed E-state index contributed by atoms with van der Waals surface area (Å²) < 4.78 is 11.3. The molecular weight excluding hydrogens is 380 g/mol. The lowest BCUT2D eigenvalue weighted by Gasteiger charge is -2.14. The first-order valence-electron chi connectivity index (χ1n) is 6.64. The van der Waals surface area contributed by atoms with Crippen LogP contribution < -0.4 is 20.1 Å². The maximum absolute atomic E-state index is 12.5. The number of nitrogens with one attached hydrogen (secondary N) is 2. The van der Waals surface area contributed by atoms with Crippen molar-refractivity contribution in [3.8, 4) is 11.5 Å². The lowest BCUT2D eigenvalue weighted by atomic mass is 10.1. The average Bonchev–Trinajstić information content (AvgIpc) is 2.55. The van der Waals surface area contributed by atoms with Crippen molar-refractivity contribution in [2.75, 3.05) is 19.5 Å². The van der Waals surface area contributed by atoms with Crippen LogP contribution in [-0.4, -0.2) is 25.2 Å². The zero-order valence-corrected chi connectivity index (χ0v) is 15.0. The van der Waals surface area contributed by atoms with Gasteiger partial charge < -0.3 is 14.8 Å². The summed E-state index contributed by atoms with van der Waals surface area (Å²) in [6, 6.07) is 12.6. The van der Waals surface area contributed by atoms with E-state index < -0.39 is 5.91 Å². The van der Waals surface area contributed by atoms with Crippen LogP contribution in [0.1, 0.15) is 10.4 Å². The molecular formula is C16H15BrN2O3S. The van der Waals surface area contributed by atoms with E-state index in [4.69, 9.17) is 21.7 Å². The van der Waals surface area contributed by atoms with Crippen molar-refractivity contribution < 1.29 is 14.3 Å². The van der Waals surface area contributed by atoms with Crippen molar-refractivity contribution in [3.63, 3.8) is 0 Å². The van der Waals surface area contributed by atoms with Crippen LogP contribution in [0.15, 0.2) is 46.9 Å². The highest BCUT2D eigenvalue weighted by Crippen LogP contribution is 2.28. The second kappa shape index (κ2) is 7.94. The van der Waals surface area contributed by atoms with E-state index in [1.54, 1.807) is 18.2 Å². The zero-order chi connectivity index (χ0) is 16.8. The Bertz CT molecular complexity index is 715. The van der Waals surface area contributed by atoms with Gasteiger partial charge in [-0.15, -0.1) is 0 Å². The fraction of sp³-hybridized carbons (Fsp3) is 0.125. The Morgan fingerprint density at radius 3 is 2.22 bits per heavy atom. The minimum atomic E-state index is -0.413. The number of methoxy groups -OCH3 is 2. The van der Waals surface area contributed by atoms with Crippen LogP contribution >= 0.6 is 28.1 Å². The minimum Gasteiger partial charge on any atom is -0.496 e. The van der Waals surface area contributed by atoms with E-state index in [-0.39, 0.29) is 10.7 Å². The van der Waals surface area contributed by atoms with Crippen molar-refractivity contribution in [2.45, 2.75) is 0 Å². The molecule has 0 saturated carbocycles. The Labute approximate surface area is 148 Å². The highest BCUT2D eigenvalue weighted by molar-refractivity contribution is 9.10. The molecule has 0 atom stereocenters. The molecule has 0 bridgehead atoms. The molecule has 2 aromatic carbocycles. The number of carbonyl (C=O) groups is 1. The van der Waals surface area contributed by atoms with Gasteiger partial charge in [-0.25, -0.2) is 0 Å². The van der Waals surface area contributed by atoms with Gasteiger partial charge in [0.15, 0.2) is 5.11 Å². The molecule has 0 aliphatic rings. The molecule has 0 radical (unpaired) electrons. The van der Waals surface area contributed by atoms with E-state index in [1.165, 1.54) is 14.2 Å². The van der Waals surface area contributed by atoms with Gasteiger partial charge in [0.1, 0.15) is 17.1 Å². The van der Waals surface area contributed by atoms with Gasteiger partial charge >= 0.3 is 0 Å². The van der Waals surface area contributed by atoms with Crippen molar-refractivity contribution in [1.29, 1.82) is 0 Å². The molecule has 0 fully saturated rings. The van der Waals surface area contributed by atoms with Crippen LogP contribution in [0, 0.1) is 0 Å². The highest BCUT2D eigenvalue weighted by Gasteiger charge is 2.19. The summed E-state index contributed by atoms with van der Waals surface area (Å²) >= 11 is 8.59. The van der Waals surface area contributed by atoms with Crippen molar-refractivity contribution in [3.05, 3.63) is 52.5 Å². The van der Waals surface area contributed by atoms with Crippen LogP contribution in [0.4, 0.5) is 5.69 Å². The van der Waals surface area contributed by atoms with E-state index in [1.807, 2.05) is 24.3 Å². The molecule has 0 spiro atoms. The highest BCUT2D eigenvalue weighted by atomic mass is 79.9. The molecule has 2 N–H and O–H groups in total. The van der Waals surface area contributed by atoms with Crippen molar-refractivity contribution >= 4 is 44.9 Å². The first kappa shape index (κ1) is 17.2. The van der Waals surface area contributed by atoms with E-state index in [0.717, 1.165) is 10.2 Å². The van der Waals surface area contributed by atoms with Crippen LogP contribution in [0.2, 0.25) is 0 Å². The molecule has 0 aliphatic heterocycles. The maximum atomic E-state index is 12.5. The molecule has 120 valence electrons. The number of rotatable bonds is 4. The maximum Gasteiger partial charge on any atom is 0.264 e. The van der Waals surface area contributed by atoms with Gasteiger partial charge in [-0.1, -0.05) is 18.2 Å². The number of para-hydroxylation sites is 1. The number of hydrogen-bond donors (Lipinski definition) is 2. The summed E-state index contributed by atoms with van der Waals surface area (Å²) in [7, 11) is 2.98. The molecule has 2 aromatic rings. The number of benzene rings is 2. The number of hydrogen-bond acceptors (Lipinski definition) is 4. The molecule has 0 unspecified atom stereocenters. The number of carbonyl (C=O) groups excluding carboxylic acids is 1. The second-order valence-corrected chi connectivity index (χ2v) is 5.69. The molecule has 0 aliphatic carbocycles. The topological polar surface area (TPSA) is 59.6 Å². The molecule has 1 amide bonds. The van der Waals surface area contributed by atoms with Crippen LogP contribution in [-0.2, 0) is 0 Å². The summed E-state index contributed by atoms with van der Waals surface area (Å²) in [6.45, 7) is 0. The third kappa shape index (κ3) is 4.20. The zero-order valence-electron chi connectivity index (χ0n) is 12.6. The van der Waals surface area contributed by atoms with Gasteiger partial charge in [-0.3, -0.25) is 10.1 Å². The van der Waals surface area contributed by atoms with E-state index >= 15 is 0 Å². The first-order chi connectivity index (χ1) is 11.1. The van der Waals surface area contributed by atoms with Gasteiger partial charge in [0.2, 0.25) is 0 Å². The summed E-state index contributed by atoms with van der Waals surface area (Å²) in [5.41, 5.74) is 1.04. The fourth-order valence-corrected chi connectivity index (χ4v) is 2.54. The van der Waals surface area contributed by atoms with Crippen molar-refractivity contribution in [2.24, 2.45) is 0 Å². The summed E-state index contributed by atoms with van der Waals surface area (Å²) in [4.78, 5) is 12.5. The predicted octanol–water partition coefficient (Wildman–Crippen LogP) is 3.59. The quantitative estimate of drug-likeness (QED) is 0.775. The van der Waals surface area contributed by atoms with Crippen LogP contribution in [0.3, 0.4) is 0 Å². The normalized spacial score (nSPS) is 9.87. The van der Waals surface area contributed by atoms with Gasteiger partial charge in [-0.2, -0.15) is 0 Å². The Hall–Kier alpha value is -2.12. The smallest absolute Gasteiger partial charge is 0.264 e. The molecule has 7 heteroatoms. The monoisotopic (exact) mass is 394 g/mol. The Morgan fingerprint density at radius 2 is 1.65 bits per heavy atom. The lowest BCUT2D eigenvalue weighted by molar-refractivity contribution is 0.0971. The summed E-state index contributed by atoms with van der Waals surface area (Å²) in [5.74, 6) is 0.403. The number of ether oxygens (including phenoxy) is 2. The Balaban J connectivity index is 2.16. The van der Waals surface area contributed by atoms with E-state index in [2.05, 4.69) is 26.6 Å². The van der Waals surface area contributed by atoms with E-state index in [0.29, 0.717) is 11.5 Å². The van der Waals surface area contributed by atoms with Gasteiger partial charge in [-0.05, 0) is 52.4 Å². The molecule has 23 heavy (non-hydrogen) atoms. The third-order valence-electron chi connectivity index (χ3n) is 3.00. The lowest BCUT2D eigenvalue weighted by Crippen LogP contribution is -2.34. The van der Waals surface area contributed by atoms with Crippen LogP contribution in [0.5, 0.6) is 11.5 Å². The predicted molar refractivity (Wildman–Crippen MR) is 97.4 cm³/mol. The number of thiocarbonyl (C=S) groups is 1. The minimum absolute atomic E-state index is 0.176. The van der Waals surface area contributed by atoms with Crippen molar-refractivity contribution in [1.82, 2.24) is 5.32 Å². The van der Waals surface area contributed by atoms with Gasteiger partial charge in [0.25, 0.3) is 5.91 Å². The standard InChI is InChI=1S/C16H15BrN2O3S/c1-21-12-8-5-9-13(22-2)14(12)15(20)19-16(23)18-11-7-4-3-6-10(11)17/h3-9H,1-2H3,(H2,18,19,20,23). The molecule has 0 saturated heterocycles. The summed E-state index contributed by atoms with van der Waals surface area (Å²) in [5, 5.41) is 5.75. The third-order valence-corrected chi connectivity index (χ3v) is 3.90. The molecule has 0 aromatic heterocycles. The van der Waals surface area contributed by atoms with Crippen LogP contribution in [0.25, 0.3) is 0 Å². The van der Waals surface area contributed by atoms with Gasteiger partial charge in [0, 0.05) is 4.47 Å². The number of halogens is 1. The first-order valence-corrected chi connectivity index (χ1v) is 7.84. The molecule has 5 nitrogen and oxygen atoms in total. The summed E-state index contributed by atoms with van der Waals surface area (Å²) in [6.07, 6.45) is 0. The molecule has 0 heterocycles. The SMILES string of the molecule is COc1cccc(OC)c1C(=O)NC(=S)Nc1ccccc1Br. The largest absolute Gasteiger partial charge is 0.496 e.